The molecule has 2 nitrogen and oxygen atoms in total. The molecule has 1 N–H and O–H groups in total. The maximum Gasteiger partial charge on any atom is 0.0623 e. The van der Waals surface area contributed by atoms with E-state index >= 15 is 0 Å². The minimum atomic E-state index is 0.352. The molecule has 0 heterocycles. The molecule has 1 aliphatic rings. The van der Waals surface area contributed by atoms with E-state index in [1.54, 1.807) is 0 Å². The molecule has 18 heavy (non-hydrogen) atoms. The molecule has 1 rings (SSSR count). The van der Waals surface area contributed by atoms with E-state index in [9.17, 15) is 0 Å². The molecule has 1 aliphatic carbocycles. The summed E-state index contributed by atoms with van der Waals surface area (Å²) in [5.41, 5.74) is 0. The van der Waals surface area contributed by atoms with Crippen molar-refractivity contribution in [1.82, 2.24) is 5.32 Å². The van der Waals surface area contributed by atoms with Crippen molar-refractivity contribution in [3.8, 4) is 0 Å². The minimum Gasteiger partial charge on any atom is -0.377 e. The van der Waals surface area contributed by atoms with E-state index in [2.05, 4.69) is 26.1 Å². The Morgan fingerprint density at radius 2 is 1.78 bits per heavy atom. The summed E-state index contributed by atoms with van der Waals surface area (Å²) in [5.74, 6) is 0.928. The largest absolute Gasteiger partial charge is 0.377 e. The van der Waals surface area contributed by atoms with Gasteiger partial charge in [0.15, 0.2) is 0 Å². The highest BCUT2D eigenvalue weighted by Gasteiger charge is 2.18. The zero-order valence-electron chi connectivity index (χ0n) is 12.7. The first-order valence-corrected chi connectivity index (χ1v) is 8.07. The molecule has 2 heteroatoms. The van der Waals surface area contributed by atoms with Crippen LogP contribution in [0.15, 0.2) is 0 Å². The lowest BCUT2D eigenvalue weighted by Crippen LogP contribution is -2.36. The zero-order chi connectivity index (χ0) is 13.2. The summed E-state index contributed by atoms with van der Waals surface area (Å²) in [6.07, 6.45) is 11.5. The number of nitrogens with one attached hydrogen (secondary N) is 1. The van der Waals surface area contributed by atoms with E-state index in [-0.39, 0.29) is 0 Å². The summed E-state index contributed by atoms with van der Waals surface area (Å²) in [6.45, 7) is 8.50. The maximum absolute atomic E-state index is 5.81. The van der Waals surface area contributed by atoms with Gasteiger partial charge in [-0.15, -0.1) is 0 Å². The average Bonchev–Trinajstić information content (AvgIpc) is 2.61. The van der Waals surface area contributed by atoms with Crippen LogP contribution in [0.1, 0.15) is 72.1 Å². The van der Waals surface area contributed by atoms with Crippen LogP contribution in [0, 0.1) is 5.92 Å². The molecule has 0 aromatic carbocycles. The molecular weight excluding hydrogens is 222 g/mol. The van der Waals surface area contributed by atoms with E-state index in [0.29, 0.717) is 12.1 Å². The van der Waals surface area contributed by atoms with Crippen LogP contribution in [-0.4, -0.2) is 25.3 Å². The Morgan fingerprint density at radius 1 is 1.11 bits per heavy atom. The number of hydrogen-bond donors (Lipinski definition) is 1. The van der Waals surface area contributed by atoms with Gasteiger partial charge in [-0.05, 0) is 39.2 Å². The van der Waals surface area contributed by atoms with Gasteiger partial charge in [-0.1, -0.05) is 45.4 Å². The second-order valence-corrected chi connectivity index (χ2v) is 6.13. The predicted octanol–water partition coefficient (Wildman–Crippen LogP) is 4.14. The Balaban J connectivity index is 2.32. The monoisotopic (exact) mass is 255 g/mol. The zero-order valence-corrected chi connectivity index (χ0v) is 12.7. The highest BCUT2D eigenvalue weighted by atomic mass is 16.5. The minimum absolute atomic E-state index is 0.352. The molecule has 0 saturated heterocycles. The molecule has 0 bridgehead atoms. The summed E-state index contributed by atoms with van der Waals surface area (Å²) in [6, 6.07) is 0.565. The first-order valence-electron chi connectivity index (χ1n) is 8.07. The van der Waals surface area contributed by atoms with Gasteiger partial charge < -0.3 is 10.1 Å². The predicted molar refractivity (Wildman–Crippen MR) is 79.0 cm³/mol. The van der Waals surface area contributed by atoms with Gasteiger partial charge in [-0.2, -0.15) is 0 Å². The SMILES string of the molecule is CCCNC(COC(C)C)CC1CCCCCC1. The third kappa shape index (κ3) is 7.38. The van der Waals surface area contributed by atoms with Crippen molar-refractivity contribution in [1.29, 1.82) is 0 Å². The van der Waals surface area contributed by atoms with Crippen LogP contribution in [-0.2, 0) is 4.74 Å². The molecule has 0 radical (unpaired) electrons. The van der Waals surface area contributed by atoms with Crippen molar-refractivity contribution in [2.45, 2.75) is 84.3 Å². The quantitative estimate of drug-likeness (QED) is 0.658. The smallest absolute Gasteiger partial charge is 0.0623 e. The fourth-order valence-corrected chi connectivity index (χ4v) is 2.87. The molecule has 1 unspecified atom stereocenters. The van der Waals surface area contributed by atoms with Gasteiger partial charge in [0.1, 0.15) is 0 Å². The molecule has 108 valence electrons. The number of ether oxygens (including phenoxy) is 1. The number of hydrogen-bond acceptors (Lipinski definition) is 2. The van der Waals surface area contributed by atoms with Crippen molar-refractivity contribution in [3.63, 3.8) is 0 Å². The first-order chi connectivity index (χ1) is 8.72. The van der Waals surface area contributed by atoms with Gasteiger partial charge in [0, 0.05) is 6.04 Å². The second kappa shape index (κ2) is 9.80. The molecule has 1 atom stereocenters. The van der Waals surface area contributed by atoms with Crippen LogP contribution in [0.3, 0.4) is 0 Å². The molecule has 1 fully saturated rings. The van der Waals surface area contributed by atoms with Gasteiger partial charge in [-0.3, -0.25) is 0 Å². The Labute approximate surface area is 114 Å². The van der Waals surface area contributed by atoms with Crippen molar-refractivity contribution in [2.24, 2.45) is 5.92 Å². The topological polar surface area (TPSA) is 21.3 Å². The summed E-state index contributed by atoms with van der Waals surface area (Å²) in [4.78, 5) is 0. The maximum atomic E-state index is 5.81. The Hall–Kier alpha value is -0.0800. The first kappa shape index (κ1) is 16.0. The van der Waals surface area contributed by atoms with E-state index in [4.69, 9.17) is 4.74 Å². The standard InChI is InChI=1S/C16H33NO/c1-4-11-17-16(13-18-14(2)3)12-15-9-7-5-6-8-10-15/h14-17H,4-13H2,1-3H3. The highest BCUT2D eigenvalue weighted by molar-refractivity contribution is 4.74. The van der Waals surface area contributed by atoms with Crippen LogP contribution in [0.5, 0.6) is 0 Å². The number of rotatable bonds is 8. The lowest BCUT2D eigenvalue weighted by Gasteiger charge is -2.24. The fraction of sp³-hybridized carbons (Fsp3) is 1.00. The van der Waals surface area contributed by atoms with Crippen LogP contribution in [0.2, 0.25) is 0 Å². The molecule has 0 aromatic heterocycles. The van der Waals surface area contributed by atoms with Gasteiger partial charge in [0.25, 0.3) is 0 Å². The molecule has 0 amide bonds. The summed E-state index contributed by atoms with van der Waals surface area (Å²) in [5, 5.41) is 3.67. The summed E-state index contributed by atoms with van der Waals surface area (Å²) in [7, 11) is 0. The summed E-state index contributed by atoms with van der Waals surface area (Å²) >= 11 is 0. The molecule has 0 spiro atoms. The molecule has 0 aromatic rings. The van der Waals surface area contributed by atoms with Crippen molar-refractivity contribution < 1.29 is 4.74 Å². The van der Waals surface area contributed by atoms with Crippen molar-refractivity contribution in [3.05, 3.63) is 0 Å². The van der Waals surface area contributed by atoms with Crippen LogP contribution in [0.25, 0.3) is 0 Å². The molecule has 0 aliphatic heterocycles. The normalized spacial score (nSPS) is 20.0. The van der Waals surface area contributed by atoms with Crippen LogP contribution < -0.4 is 5.32 Å². The summed E-state index contributed by atoms with van der Waals surface area (Å²) < 4.78 is 5.81. The van der Waals surface area contributed by atoms with Gasteiger partial charge >= 0.3 is 0 Å². The Bertz CT molecular complexity index is 186. The fourth-order valence-electron chi connectivity index (χ4n) is 2.87. The lowest BCUT2D eigenvalue weighted by atomic mass is 9.93. The molecule has 1 saturated carbocycles. The van der Waals surface area contributed by atoms with Gasteiger partial charge in [0.2, 0.25) is 0 Å². The third-order valence-electron chi connectivity index (χ3n) is 3.91. The van der Waals surface area contributed by atoms with E-state index < -0.39 is 0 Å². The van der Waals surface area contributed by atoms with E-state index in [0.717, 1.165) is 19.1 Å². The van der Waals surface area contributed by atoms with Crippen LogP contribution >= 0.6 is 0 Å². The van der Waals surface area contributed by atoms with E-state index in [1.165, 1.54) is 51.4 Å². The Kier molecular flexibility index (Phi) is 8.70. The van der Waals surface area contributed by atoms with Gasteiger partial charge in [-0.25, -0.2) is 0 Å². The lowest BCUT2D eigenvalue weighted by molar-refractivity contribution is 0.0554. The Morgan fingerprint density at radius 3 is 2.33 bits per heavy atom. The third-order valence-corrected chi connectivity index (χ3v) is 3.91. The molecular formula is C16H33NO. The highest BCUT2D eigenvalue weighted by Crippen LogP contribution is 2.26. The van der Waals surface area contributed by atoms with Gasteiger partial charge in [0.05, 0.1) is 12.7 Å². The van der Waals surface area contributed by atoms with Crippen LogP contribution in [0.4, 0.5) is 0 Å². The second-order valence-electron chi connectivity index (χ2n) is 6.13. The van der Waals surface area contributed by atoms with Crippen molar-refractivity contribution in [2.75, 3.05) is 13.2 Å². The average molecular weight is 255 g/mol. The van der Waals surface area contributed by atoms with E-state index in [1.807, 2.05) is 0 Å². The van der Waals surface area contributed by atoms with Crippen molar-refractivity contribution >= 4 is 0 Å².